The third-order valence-corrected chi connectivity index (χ3v) is 5.32. The number of unbranched alkanes of at least 4 members (excludes halogenated alkanes) is 5. The van der Waals surface area contributed by atoms with Crippen LogP contribution < -0.4 is 14.9 Å². The standard InChI is InChI=1S/C26H32N4O4/c1-3-4-5-6-7-8-15-34-21-12-10-20(11-13-21)22-17-23(29-28-22)26(32)30-27-18-19-9-14-24(31)25(16-19)33-2/h9-14,16-18,31H,3-8,15H2,1-2H3,(H,28,29)(H,30,32)/b27-18+. The molecule has 3 N–H and O–H groups in total. The first-order valence-electron chi connectivity index (χ1n) is 11.6. The van der Waals surface area contributed by atoms with Crippen molar-refractivity contribution in [3.8, 4) is 28.5 Å². The van der Waals surface area contributed by atoms with Gasteiger partial charge in [0.1, 0.15) is 11.4 Å². The molecule has 0 aliphatic heterocycles. The van der Waals surface area contributed by atoms with Crippen molar-refractivity contribution < 1.29 is 19.4 Å². The summed E-state index contributed by atoms with van der Waals surface area (Å²) < 4.78 is 10.9. The quantitative estimate of drug-likeness (QED) is 0.181. The smallest absolute Gasteiger partial charge is 0.289 e. The summed E-state index contributed by atoms with van der Waals surface area (Å²) in [4.78, 5) is 12.4. The summed E-state index contributed by atoms with van der Waals surface area (Å²) in [7, 11) is 1.46. The van der Waals surface area contributed by atoms with Gasteiger partial charge in [-0.15, -0.1) is 0 Å². The van der Waals surface area contributed by atoms with Gasteiger partial charge in [0.05, 0.1) is 25.6 Å². The molecule has 0 unspecified atom stereocenters. The largest absolute Gasteiger partial charge is 0.504 e. The molecule has 1 heterocycles. The molecule has 1 aromatic heterocycles. The van der Waals surface area contributed by atoms with Gasteiger partial charge in [-0.3, -0.25) is 9.89 Å². The van der Waals surface area contributed by atoms with Crippen molar-refractivity contribution in [1.29, 1.82) is 0 Å². The minimum Gasteiger partial charge on any atom is -0.504 e. The average molecular weight is 465 g/mol. The van der Waals surface area contributed by atoms with Crippen LogP contribution in [0.5, 0.6) is 17.2 Å². The molecule has 0 spiro atoms. The first-order chi connectivity index (χ1) is 16.6. The monoisotopic (exact) mass is 464 g/mol. The highest BCUT2D eigenvalue weighted by Crippen LogP contribution is 2.25. The molecule has 2 aromatic carbocycles. The number of hydrogen-bond acceptors (Lipinski definition) is 6. The molecule has 8 nitrogen and oxygen atoms in total. The minimum atomic E-state index is -0.417. The Bertz CT molecular complexity index is 1080. The fraction of sp³-hybridized carbons (Fsp3) is 0.346. The zero-order chi connectivity index (χ0) is 24.2. The molecule has 3 rings (SSSR count). The van der Waals surface area contributed by atoms with Crippen LogP contribution in [-0.4, -0.2) is 41.1 Å². The fourth-order valence-corrected chi connectivity index (χ4v) is 3.38. The number of rotatable bonds is 13. The zero-order valence-electron chi connectivity index (χ0n) is 19.7. The van der Waals surface area contributed by atoms with Crippen molar-refractivity contribution in [2.75, 3.05) is 13.7 Å². The number of phenolic OH excluding ortho intramolecular Hbond substituents is 1. The molecule has 1 amide bonds. The van der Waals surface area contributed by atoms with Crippen LogP contribution in [-0.2, 0) is 0 Å². The van der Waals surface area contributed by atoms with E-state index >= 15 is 0 Å². The summed E-state index contributed by atoms with van der Waals surface area (Å²) in [5.74, 6) is 0.768. The number of hydrogen-bond donors (Lipinski definition) is 3. The predicted molar refractivity (Wildman–Crippen MR) is 133 cm³/mol. The molecule has 0 saturated heterocycles. The Hall–Kier alpha value is -3.81. The second-order valence-corrected chi connectivity index (χ2v) is 7.94. The van der Waals surface area contributed by atoms with Crippen LogP contribution in [0.15, 0.2) is 53.6 Å². The highest BCUT2D eigenvalue weighted by atomic mass is 16.5. The SMILES string of the molecule is CCCCCCCCOc1ccc(-c2cc(C(=O)N/N=C/c3ccc(O)c(OC)c3)[nH]n2)cc1. The summed E-state index contributed by atoms with van der Waals surface area (Å²) in [6.07, 6.45) is 8.85. The minimum absolute atomic E-state index is 0.0334. The van der Waals surface area contributed by atoms with Crippen LogP contribution in [0.2, 0.25) is 0 Å². The van der Waals surface area contributed by atoms with E-state index in [1.807, 2.05) is 24.3 Å². The number of carbonyl (C=O) groups is 1. The molecular formula is C26H32N4O4. The number of hydrazone groups is 1. The van der Waals surface area contributed by atoms with Gasteiger partial charge >= 0.3 is 0 Å². The highest BCUT2D eigenvalue weighted by Gasteiger charge is 2.11. The maximum absolute atomic E-state index is 12.4. The lowest BCUT2D eigenvalue weighted by Gasteiger charge is -2.06. The lowest BCUT2D eigenvalue weighted by molar-refractivity contribution is 0.0950. The Morgan fingerprint density at radius 3 is 2.62 bits per heavy atom. The van der Waals surface area contributed by atoms with Crippen molar-refractivity contribution in [3.63, 3.8) is 0 Å². The second kappa shape index (κ2) is 13.0. The molecule has 0 aliphatic rings. The number of H-pyrrole nitrogens is 1. The van der Waals surface area contributed by atoms with E-state index in [0.29, 0.717) is 22.7 Å². The van der Waals surface area contributed by atoms with Gasteiger partial charge in [-0.25, -0.2) is 5.43 Å². The van der Waals surface area contributed by atoms with Gasteiger partial charge in [0.15, 0.2) is 11.5 Å². The molecule has 0 radical (unpaired) electrons. The Kier molecular flexibility index (Phi) is 9.52. The number of nitrogens with one attached hydrogen (secondary N) is 2. The topological polar surface area (TPSA) is 109 Å². The summed E-state index contributed by atoms with van der Waals surface area (Å²) in [6.45, 7) is 2.94. The highest BCUT2D eigenvalue weighted by molar-refractivity contribution is 5.94. The lowest BCUT2D eigenvalue weighted by Crippen LogP contribution is -2.18. The maximum Gasteiger partial charge on any atom is 0.289 e. The number of phenols is 1. The van der Waals surface area contributed by atoms with E-state index in [0.717, 1.165) is 24.3 Å². The van der Waals surface area contributed by atoms with Crippen LogP contribution in [0.1, 0.15) is 61.5 Å². The number of ether oxygens (including phenoxy) is 2. The summed E-state index contributed by atoms with van der Waals surface area (Å²) in [5.41, 5.74) is 4.94. The van der Waals surface area contributed by atoms with Crippen molar-refractivity contribution in [3.05, 3.63) is 59.8 Å². The van der Waals surface area contributed by atoms with E-state index in [1.165, 1.54) is 51.5 Å². The molecule has 0 fully saturated rings. The maximum atomic E-state index is 12.4. The number of carbonyl (C=O) groups excluding carboxylic acids is 1. The van der Waals surface area contributed by atoms with Crippen LogP contribution in [0, 0.1) is 0 Å². The Labute approximate surface area is 200 Å². The van der Waals surface area contributed by atoms with Gasteiger partial charge in [0, 0.05) is 5.56 Å². The summed E-state index contributed by atoms with van der Waals surface area (Å²) in [5, 5.41) is 20.5. The molecule has 0 saturated carbocycles. The third kappa shape index (κ3) is 7.37. The Morgan fingerprint density at radius 2 is 1.85 bits per heavy atom. The molecule has 34 heavy (non-hydrogen) atoms. The first kappa shape index (κ1) is 24.8. The van der Waals surface area contributed by atoms with Gasteiger partial charge in [-0.05, 0) is 60.5 Å². The number of aromatic nitrogens is 2. The van der Waals surface area contributed by atoms with E-state index in [-0.39, 0.29) is 5.75 Å². The second-order valence-electron chi connectivity index (χ2n) is 7.94. The molecule has 3 aromatic rings. The van der Waals surface area contributed by atoms with Crippen molar-refractivity contribution in [2.24, 2.45) is 5.10 Å². The zero-order valence-corrected chi connectivity index (χ0v) is 19.7. The van der Waals surface area contributed by atoms with Crippen LogP contribution in [0.25, 0.3) is 11.3 Å². The fourth-order valence-electron chi connectivity index (χ4n) is 3.38. The van der Waals surface area contributed by atoms with Crippen LogP contribution in [0.4, 0.5) is 0 Å². The molecule has 0 bridgehead atoms. The van der Waals surface area contributed by atoms with Gasteiger partial charge in [0.2, 0.25) is 0 Å². The average Bonchev–Trinajstić information content (AvgIpc) is 3.35. The predicted octanol–water partition coefficient (Wildman–Crippen LogP) is 5.29. The molecule has 0 atom stereocenters. The van der Waals surface area contributed by atoms with Crippen molar-refractivity contribution >= 4 is 12.1 Å². The van der Waals surface area contributed by atoms with E-state index in [9.17, 15) is 9.90 Å². The van der Waals surface area contributed by atoms with Crippen LogP contribution >= 0.6 is 0 Å². The molecule has 180 valence electrons. The number of amides is 1. The van der Waals surface area contributed by atoms with Crippen LogP contribution in [0.3, 0.4) is 0 Å². The number of benzene rings is 2. The molecule has 8 heteroatoms. The normalized spacial score (nSPS) is 11.0. The lowest BCUT2D eigenvalue weighted by atomic mass is 10.1. The number of aromatic amines is 1. The molecule has 0 aliphatic carbocycles. The number of methoxy groups -OCH3 is 1. The van der Waals surface area contributed by atoms with E-state index < -0.39 is 5.91 Å². The third-order valence-electron chi connectivity index (χ3n) is 5.32. The summed E-state index contributed by atoms with van der Waals surface area (Å²) in [6, 6.07) is 14.1. The number of aromatic hydroxyl groups is 1. The first-order valence-corrected chi connectivity index (χ1v) is 11.6. The van der Waals surface area contributed by atoms with E-state index in [1.54, 1.807) is 18.2 Å². The van der Waals surface area contributed by atoms with Crippen molar-refractivity contribution in [1.82, 2.24) is 15.6 Å². The van der Waals surface area contributed by atoms with Gasteiger partial charge < -0.3 is 14.6 Å². The van der Waals surface area contributed by atoms with Gasteiger partial charge in [-0.2, -0.15) is 10.2 Å². The summed E-state index contributed by atoms with van der Waals surface area (Å²) >= 11 is 0. The van der Waals surface area contributed by atoms with Gasteiger partial charge in [0.25, 0.3) is 5.91 Å². The number of nitrogens with zero attached hydrogens (tertiary/aromatic N) is 2. The van der Waals surface area contributed by atoms with E-state index in [2.05, 4.69) is 27.6 Å². The van der Waals surface area contributed by atoms with Gasteiger partial charge in [-0.1, -0.05) is 39.0 Å². The molecular weight excluding hydrogens is 432 g/mol. The van der Waals surface area contributed by atoms with Crippen molar-refractivity contribution in [2.45, 2.75) is 45.4 Å². The van der Waals surface area contributed by atoms with E-state index in [4.69, 9.17) is 9.47 Å². The Morgan fingerprint density at radius 1 is 1.09 bits per heavy atom. The Balaban J connectivity index is 1.48.